The fourth-order valence-corrected chi connectivity index (χ4v) is 4.29. The number of benzene rings is 1. The molecule has 1 saturated heterocycles. The summed E-state index contributed by atoms with van der Waals surface area (Å²) in [5.74, 6) is 0.575. The molecule has 1 aliphatic carbocycles. The Morgan fingerprint density at radius 1 is 1.27 bits per heavy atom. The summed E-state index contributed by atoms with van der Waals surface area (Å²) in [7, 11) is -3.57. The number of hydrogen-bond donors (Lipinski definition) is 1. The van der Waals surface area contributed by atoms with E-state index >= 15 is 0 Å². The number of morpholine rings is 1. The maximum atomic E-state index is 12.5. The second-order valence-electron chi connectivity index (χ2n) is 6.85. The fourth-order valence-electron chi connectivity index (χ4n) is 3.22. The monoisotopic (exact) mass is 377 g/mol. The average molecular weight is 377 g/mol. The highest BCUT2D eigenvalue weighted by molar-refractivity contribution is 7.89. The lowest BCUT2D eigenvalue weighted by Crippen LogP contribution is -2.48. The van der Waals surface area contributed by atoms with Crippen LogP contribution in [0, 0.1) is 6.92 Å². The summed E-state index contributed by atoms with van der Waals surface area (Å²) in [6, 6.07) is 7.31. The zero-order valence-corrected chi connectivity index (χ0v) is 15.5. The van der Waals surface area contributed by atoms with Crippen molar-refractivity contribution in [2.75, 3.05) is 26.2 Å². The van der Waals surface area contributed by atoms with E-state index in [0.717, 1.165) is 18.7 Å². The number of ether oxygens (including phenoxy) is 1. The van der Waals surface area contributed by atoms with Crippen molar-refractivity contribution in [3.8, 4) is 11.3 Å². The number of sulfonamides is 1. The second kappa shape index (κ2) is 7.11. The summed E-state index contributed by atoms with van der Waals surface area (Å²) >= 11 is 0. The Labute approximate surface area is 153 Å². The average Bonchev–Trinajstić information content (AvgIpc) is 3.42. The first-order valence-electron chi connectivity index (χ1n) is 8.89. The van der Waals surface area contributed by atoms with Crippen LogP contribution in [0.2, 0.25) is 0 Å². The van der Waals surface area contributed by atoms with Crippen molar-refractivity contribution in [3.63, 3.8) is 0 Å². The molecule has 2 aliphatic rings. The van der Waals surface area contributed by atoms with E-state index in [1.807, 2.05) is 0 Å². The van der Waals surface area contributed by atoms with Crippen LogP contribution in [0.4, 0.5) is 0 Å². The van der Waals surface area contributed by atoms with Crippen LogP contribution in [-0.4, -0.2) is 56.7 Å². The molecule has 7 nitrogen and oxygen atoms in total. The molecule has 0 radical (unpaired) electrons. The zero-order chi connectivity index (χ0) is 18.1. The first kappa shape index (κ1) is 17.7. The topological polar surface area (TPSA) is 84.7 Å². The van der Waals surface area contributed by atoms with E-state index in [2.05, 4.69) is 14.6 Å². The molecule has 2 fully saturated rings. The number of rotatable bonds is 6. The van der Waals surface area contributed by atoms with Gasteiger partial charge in [0.05, 0.1) is 17.6 Å². The third kappa shape index (κ3) is 3.98. The molecule has 1 aliphatic heterocycles. The molecule has 140 valence electrons. The Morgan fingerprint density at radius 3 is 2.69 bits per heavy atom. The predicted octanol–water partition coefficient (Wildman–Crippen LogP) is 1.79. The Morgan fingerprint density at radius 2 is 2.04 bits per heavy atom. The van der Waals surface area contributed by atoms with Crippen LogP contribution in [0.3, 0.4) is 0 Å². The highest BCUT2D eigenvalue weighted by Crippen LogP contribution is 2.28. The minimum Gasteiger partial charge on any atom is -0.449 e. The SMILES string of the molecule is Cc1nc(-c2ccc(S(=O)(=O)NCC3CN(C4CC4)CCO3)cc2)co1. The first-order valence-corrected chi connectivity index (χ1v) is 10.4. The molecule has 2 heterocycles. The molecular weight excluding hydrogens is 354 g/mol. The molecule has 0 amide bonds. The van der Waals surface area contributed by atoms with E-state index < -0.39 is 10.0 Å². The first-order chi connectivity index (χ1) is 12.5. The molecule has 1 N–H and O–H groups in total. The van der Waals surface area contributed by atoms with E-state index in [0.29, 0.717) is 24.2 Å². The molecule has 1 saturated carbocycles. The lowest BCUT2D eigenvalue weighted by Gasteiger charge is -2.33. The van der Waals surface area contributed by atoms with Gasteiger partial charge in [-0.05, 0) is 25.0 Å². The number of oxazole rings is 1. The van der Waals surface area contributed by atoms with E-state index in [1.54, 1.807) is 37.5 Å². The normalized spacial score (nSPS) is 21.8. The van der Waals surface area contributed by atoms with Gasteiger partial charge in [0, 0.05) is 38.2 Å². The number of aromatic nitrogens is 1. The number of hydrogen-bond acceptors (Lipinski definition) is 6. The largest absolute Gasteiger partial charge is 0.449 e. The van der Waals surface area contributed by atoms with Crippen LogP contribution < -0.4 is 4.72 Å². The van der Waals surface area contributed by atoms with Gasteiger partial charge in [0.1, 0.15) is 12.0 Å². The smallest absolute Gasteiger partial charge is 0.240 e. The quantitative estimate of drug-likeness (QED) is 0.826. The summed E-state index contributed by atoms with van der Waals surface area (Å²) in [6.45, 7) is 4.45. The number of nitrogens with one attached hydrogen (secondary N) is 1. The summed E-state index contributed by atoms with van der Waals surface area (Å²) in [5, 5.41) is 0. The van der Waals surface area contributed by atoms with Crippen LogP contribution in [0.1, 0.15) is 18.7 Å². The van der Waals surface area contributed by atoms with Crippen molar-refractivity contribution in [3.05, 3.63) is 36.4 Å². The van der Waals surface area contributed by atoms with Crippen molar-refractivity contribution in [1.82, 2.24) is 14.6 Å². The van der Waals surface area contributed by atoms with Crippen LogP contribution in [0.15, 0.2) is 39.8 Å². The number of aryl methyl sites for hydroxylation is 1. The van der Waals surface area contributed by atoms with Gasteiger partial charge < -0.3 is 9.15 Å². The fraction of sp³-hybridized carbons (Fsp3) is 0.500. The van der Waals surface area contributed by atoms with Crippen LogP contribution in [0.5, 0.6) is 0 Å². The minimum atomic E-state index is -3.57. The Balaban J connectivity index is 1.38. The molecule has 2 aromatic rings. The van der Waals surface area contributed by atoms with Gasteiger partial charge in [-0.3, -0.25) is 4.90 Å². The molecule has 0 bridgehead atoms. The van der Waals surface area contributed by atoms with E-state index in [9.17, 15) is 8.42 Å². The lowest BCUT2D eigenvalue weighted by atomic mass is 10.2. The number of nitrogens with zero attached hydrogens (tertiary/aromatic N) is 2. The van der Waals surface area contributed by atoms with E-state index in [-0.39, 0.29) is 17.5 Å². The molecule has 26 heavy (non-hydrogen) atoms. The predicted molar refractivity (Wildman–Crippen MR) is 96.2 cm³/mol. The van der Waals surface area contributed by atoms with Crippen LogP contribution in [-0.2, 0) is 14.8 Å². The summed E-state index contributed by atoms with van der Waals surface area (Å²) in [5.41, 5.74) is 1.51. The van der Waals surface area contributed by atoms with Crippen LogP contribution in [0.25, 0.3) is 11.3 Å². The molecule has 8 heteroatoms. The standard InChI is InChI=1S/C18H23N3O4S/c1-13-20-18(12-25-13)14-2-6-17(7-3-14)26(22,23)19-10-16-11-21(8-9-24-16)15-4-5-15/h2-3,6-7,12,15-16,19H,4-5,8-11H2,1H3. The van der Waals surface area contributed by atoms with Gasteiger partial charge in [-0.1, -0.05) is 12.1 Å². The Kier molecular flexibility index (Phi) is 4.83. The minimum absolute atomic E-state index is 0.100. The molecular formula is C18H23N3O4S. The van der Waals surface area contributed by atoms with Crippen LogP contribution >= 0.6 is 0 Å². The van der Waals surface area contributed by atoms with Gasteiger partial charge in [0.2, 0.25) is 10.0 Å². The maximum Gasteiger partial charge on any atom is 0.240 e. The van der Waals surface area contributed by atoms with Crippen molar-refractivity contribution in [2.24, 2.45) is 0 Å². The van der Waals surface area contributed by atoms with Gasteiger partial charge in [0.15, 0.2) is 5.89 Å². The van der Waals surface area contributed by atoms with Gasteiger partial charge in [-0.2, -0.15) is 0 Å². The van der Waals surface area contributed by atoms with Gasteiger partial charge in [0.25, 0.3) is 0 Å². The molecule has 1 atom stereocenters. The third-order valence-corrected chi connectivity index (χ3v) is 6.25. The maximum absolute atomic E-state index is 12.5. The Bertz CT molecular complexity index is 859. The van der Waals surface area contributed by atoms with Gasteiger partial charge in [-0.25, -0.2) is 18.1 Å². The van der Waals surface area contributed by atoms with Crippen molar-refractivity contribution >= 4 is 10.0 Å². The molecule has 1 unspecified atom stereocenters. The molecule has 1 aromatic heterocycles. The van der Waals surface area contributed by atoms with E-state index in [4.69, 9.17) is 9.15 Å². The summed E-state index contributed by atoms with van der Waals surface area (Å²) in [4.78, 5) is 6.88. The van der Waals surface area contributed by atoms with Gasteiger partial charge >= 0.3 is 0 Å². The molecule has 0 spiro atoms. The lowest BCUT2D eigenvalue weighted by molar-refractivity contribution is -0.0277. The summed E-state index contributed by atoms with van der Waals surface area (Å²) in [6.07, 6.45) is 3.95. The van der Waals surface area contributed by atoms with Crippen molar-refractivity contribution in [2.45, 2.75) is 36.8 Å². The van der Waals surface area contributed by atoms with Crippen molar-refractivity contribution in [1.29, 1.82) is 0 Å². The molecule has 1 aromatic carbocycles. The van der Waals surface area contributed by atoms with E-state index in [1.165, 1.54) is 12.8 Å². The molecule has 4 rings (SSSR count). The third-order valence-electron chi connectivity index (χ3n) is 4.81. The highest BCUT2D eigenvalue weighted by Gasteiger charge is 2.33. The van der Waals surface area contributed by atoms with Crippen molar-refractivity contribution < 1.29 is 17.6 Å². The van der Waals surface area contributed by atoms with Gasteiger partial charge in [-0.15, -0.1) is 0 Å². The Hall–Kier alpha value is -1.74. The second-order valence-corrected chi connectivity index (χ2v) is 8.61. The summed E-state index contributed by atoms with van der Waals surface area (Å²) < 4.78 is 38.7. The zero-order valence-electron chi connectivity index (χ0n) is 14.7. The highest BCUT2D eigenvalue weighted by atomic mass is 32.2.